The highest BCUT2D eigenvalue weighted by molar-refractivity contribution is 14.1. The van der Waals surface area contributed by atoms with E-state index >= 15 is 0 Å². The van der Waals surface area contributed by atoms with Gasteiger partial charge in [-0.05, 0) is 51.2 Å². The maximum absolute atomic E-state index is 11.1. The number of halogens is 1. The molecule has 0 aromatic heterocycles. The SMILES string of the molecule is CC(C)(C#CC(C)(C)SC(=O)OI)SC(=O)O. The highest BCUT2D eigenvalue weighted by Crippen LogP contribution is 2.28. The fraction of sp³-hybridized carbons (Fsp3) is 0.600. The third kappa shape index (κ3) is 8.63. The maximum atomic E-state index is 11.1. The van der Waals surface area contributed by atoms with Gasteiger partial charge in [-0.2, -0.15) is 0 Å². The molecule has 0 bridgehead atoms. The first-order valence-electron chi connectivity index (χ1n) is 4.56. The van der Waals surface area contributed by atoms with Crippen molar-refractivity contribution in [3.8, 4) is 11.8 Å². The molecular weight excluding hydrogens is 375 g/mol. The van der Waals surface area contributed by atoms with E-state index in [9.17, 15) is 9.59 Å². The molecule has 96 valence electrons. The Morgan fingerprint density at radius 1 is 1.12 bits per heavy atom. The average molecular weight is 388 g/mol. The van der Waals surface area contributed by atoms with E-state index in [0.717, 1.165) is 23.5 Å². The molecule has 0 radical (unpaired) electrons. The fourth-order valence-electron chi connectivity index (χ4n) is 0.794. The van der Waals surface area contributed by atoms with E-state index in [1.54, 1.807) is 27.7 Å². The molecule has 0 rings (SSSR count). The molecular formula is C10H13IO4S2. The van der Waals surface area contributed by atoms with Crippen LogP contribution < -0.4 is 0 Å². The number of carbonyl (C=O) groups is 2. The third-order valence-electron chi connectivity index (χ3n) is 1.41. The van der Waals surface area contributed by atoms with Gasteiger partial charge in [-0.3, -0.25) is 0 Å². The van der Waals surface area contributed by atoms with Crippen LogP contribution in [0.5, 0.6) is 0 Å². The van der Waals surface area contributed by atoms with Gasteiger partial charge >= 0.3 is 10.6 Å². The summed E-state index contributed by atoms with van der Waals surface area (Å²) in [5, 5.41) is 7.28. The molecule has 4 nitrogen and oxygen atoms in total. The summed E-state index contributed by atoms with van der Waals surface area (Å²) in [5.41, 5.74) is 0. The van der Waals surface area contributed by atoms with Crippen LogP contribution >= 0.6 is 46.5 Å². The molecule has 0 spiro atoms. The molecule has 0 aliphatic carbocycles. The van der Waals surface area contributed by atoms with Crippen molar-refractivity contribution in [2.75, 3.05) is 0 Å². The van der Waals surface area contributed by atoms with E-state index in [4.69, 9.17) is 5.11 Å². The Labute approximate surface area is 123 Å². The van der Waals surface area contributed by atoms with E-state index in [-0.39, 0.29) is 0 Å². The van der Waals surface area contributed by atoms with E-state index in [1.807, 2.05) is 0 Å². The Morgan fingerprint density at radius 3 is 1.88 bits per heavy atom. The molecule has 0 heterocycles. The molecule has 0 aliphatic rings. The molecule has 0 atom stereocenters. The van der Waals surface area contributed by atoms with Crippen LogP contribution in [0.1, 0.15) is 27.7 Å². The van der Waals surface area contributed by atoms with Crippen LogP contribution in [0.25, 0.3) is 0 Å². The Balaban J connectivity index is 4.70. The second-order valence-corrected chi connectivity index (χ2v) is 7.64. The minimum Gasteiger partial charge on any atom is -0.473 e. The third-order valence-corrected chi connectivity index (χ3v) is 3.76. The van der Waals surface area contributed by atoms with Crippen molar-refractivity contribution >= 4 is 57.1 Å². The molecule has 0 saturated carbocycles. The van der Waals surface area contributed by atoms with Crippen LogP contribution in [-0.4, -0.2) is 25.2 Å². The zero-order valence-corrected chi connectivity index (χ0v) is 13.7. The summed E-state index contributed by atoms with van der Waals surface area (Å²) in [6, 6.07) is 0. The summed E-state index contributed by atoms with van der Waals surface area (Å²) >= 11 is 3.21. The smallest absolute Gasteiger partial charge is 0.378 e. The number of hydrogen-bond acceptors (Lipinski definition) is 5. The quantitative estimate of drug-likeness (QED) is 0.566. The van der Waals surface area contributed by atoms with Crippen LogP contribution in [-0.2, 0) is 3.07 Å². The molecule has 0 aromatic carbocycles. The summed E-state index contributed by atoms with van der Waals surface area (Å²) in [6.07, 6.45) is 0. The van der Waals surface area contributed by atoms with Gasteiger partial charge in [0, 0.05) is 0 Å². The van der Waals surface area contributed by atoms with Gasteiger partial charge in [0.05, 0.1) is 9.49 Å². The van der Waals surface area contributed by atoms with Crippen molar-refractivity contribution < 1.29 is 17.8 Å². The summed E-state index contributed by atoms with van der Waals surface area (Å²) in [5.74, 6) is 5.76. The molecule has 1 N–H and O–H groups in total. The number of hydrogen-bond donors (Lipinski definition) is 1. The van der Waals surface area contributed by atoms with Crippen LogP contribution in [0.15, 0.2) is 0 Å². The second kappa shape index (κ2) is 6.75. The predicted octanol–water partition coefficient (Wildman–Crippen LogP) is 4.18. The van der Waals surface area contributed by atoms with Gasteiger partial charge < -0.3 is 8.17 Å². The van der Waals surface area contributed by atoms with Gasteiger partial charge in [0.25, 0.3) is 0 Å². The summed E-state index contributed by atoms with van der Waals surface area (Å²) < 4.78 is 3.20. The molecule has 0 fully saturated rings. The lowest BCUT2D eigenvalue weighted by atomic mass is 10.1. The molecule has 17 heavy (non-hydrogen) atoms. The molecule has 0 amide bonds. The first kappa shape index (κ1) is 16.9. The number of thioether (sulfide) groups is 2. The lowest BCUT2D eigenvalue weighted by Gasteiger charge is -2.17. The first-order chi connectivity index (χ1) is 7.58. The normalized spacial score (nSPS) is 11.4. The average Bonchev–Trinajstić information content (AvgIpc) is 2.12. The Morgan fingerprint density at radius 2 is 1.53 bits per heavy atom. The van der Waals surface area contributed by atoms with Gasteiger partial charge in [0.1, 0.15) is 0 Å². The van der Waals surface area contributed by atoms with Crippen molar-refractivity contribution in [1.29, 1.82) is 0 Å². The lowest BCUT2D eigenvalue weighted by molar-refractivity contribution is 0.222. The zero-order valence-electron chi connectivity index (χ0n) is 9.87. The van der Waals surface area contributed by atoms with Crippen molar-refractivity contribution in [3.05, 3.63) is 0 Å². The second-order valence-electron chi connectivity index (χ2n) is 4.07. The molecule has 7 heteroatoms. The molecule has 0 aliphatic heterocycles. The Kier molecular flexibility index (Phi) is 6.73. The standard InChI is InChI=1S/C10H13IO4S2/c1-9(2,16-7(12)13)5-6-10(3,4)17-8(14)15-11/h1-4H3,(H,12,13). The van der Waals surface area contributed by atoms with E-state index in [1.165, 1.54) is 23.0 Å². The van der Waals surface area contributed by atoms with E-state index in [2.05, 4.69) is 14.9 Å². The van der Waals surface area contributed by atoms with Crippen LogP contribution in [0, 0.1) is 11.8 Å². The number of carbonyl (C=O) groups excluding carboxylic acids is 1. The zero-order chi connectivity index (χ0) is 13.7. The van der Waals surface area contributed by atoms with Gasteiger partial charge in [-0.25, -0.2) is 9.59 Å². The van der Waals surface area contributed by atoms with E-state index < -0.39 is 20.1 Å². The predicted molar refractivity (Wildman–Crippen MR) is 79.6 cm³/mol. The largest absolute Gasteiger partial charge is 0.473 e. The summed E-state index contributed by atoms with van der Waals surface area (Å²) in [6.45, 7) is 6.99. The molecule has 0 saturated heterocycles. The first-order valence-corrected chi connectivity index (χ1v) is 7.07. The maximum Gasteiger partial charge on any atom is 0.378 e. The van der Waals surface area contributed by atoms with Gasteiger partial charge in [-0.15, -0.1) is 0 Å². The van der Waals surface area contributed by atoms with Crippen LogP contribution in [0.4, 0.5) is 9.59 Å². The summed E-state index contributed by atoms with van der Waals surface area (Å²) in [7, 11) is 0. The van der Waals surface area contributed by atoms with Crippen molar-refractivity contribution in [3.63, 3.8) is 0 Å². The minimum absolute atomic E-state index is 0.423. The lowest BCUT2D eigenvalue weighted by Crippen LogP contribution is -2.19. The van der Waals surface area contributed by atoms with Gasteiger partial charge in [-0.1, -0.05) is 11.8 Å². The molecule has 0 unspecified atom stereocenters. The number of rotatable bonds is 2. The summed E-state index contributed by atoms with van der Waals surface area (Å²) in [4.78, 5) is 21.7. The van der Waals surface area contributed by atoms with Gasteiger partial charge in [0.2, 0.25) is 0 Å². The van der Waals surface area contributed by atoms with Crippen molar-refractivity contribution in [1.82, 2.24) is 0 Å². The minimum atomic E-state index is -0.971. The van der Waals surface area contributed by atoms with Crippen LogP contribution in [0.2, 0.25) is 0 Å². The van der Waals surface area contributed by atoms with Gasteiger partial charge in [0.15, 0.2) is 23.0 Å². The topological polar surface area (TPSA) is 63.6 Å². The Hall–Kier alpha value is -0.0700. The molecule has 0 aromatic rings. The van der Waals surface area contributed by atoms with Crippen molar-refractivity contribution in [2.24, 2.45) is 0 Å². The highest BCUT2D eigenvalue weighted by Gasteiger charge is 2.24. The monoisotopic (exact) mass is 388 g/mol. The Bertz CT molecular complexity index is 368. The van der Waals surface area contributed by atoms with Crippen LogP contribution in [0.3, 0.4) is 0 Å². The fourth-order valence-corrected chi connectivity index (χ4v) is 2.15. The highest BCUT2D eigenvalue weighted by atomic mass is 127. The van der Waals surface area contributed by atoms with E-state index in [0.29, 0.717) is 0 Å². The van der Waals surface area contributed by atoms with Crippen molar-refractivity contribution in [2.45, 2.75) is 37.2 Å². The number of carboxylic acid groups (broad SMARTS) is 1.